The maximum atomic E-state index is 9.34. The molecule has 1 saturated carbocycles. The van der Waals surface area contributed by atoms with Crippen LogP contribution in [0.1, 0.15) is 44.6 Å². The van der Waals surface area contributed by atoms with E-state index in [1.165, 1.54) is 19.3 Å². The Balaban J connectivity index is 1.98. The molecule has 1 aromatic rings. The van der Waals surface area contributed by atoms with Crippen LogP contribution in [0.2, 0.25) is 0 Å². The lowest BCUT2D eigenvalue weighted by atomic mass is 9.77. The summed E-state index contributed by atoms with van der Waals surface area (Å²) < 4.78 is 6.04. The SMILES string of the molecule is CCC1CCCCC1OCc1ccccc1B(O)O. The van der Waals surface area contributed by atoms with Crippen molar-refractivity contribution in [3.63, 3.8) is 0 Å². The van der Waals surface area contributed by atoms with Gasteiger partial charge in [-0.25, -0.2) is 0 Å². The van der Waals surface area contributed by atoms with Gasteiger partial charge in [0, 0.05) is 0 Å². The molecule has 104 valence electrons. The van der Waals surface area contributed by atoms with Crippen molar-refractivity contribution in [2.75, 3.05) is 0 Å². The maximum Gasteiger partial charge on any atom is 0.488 e. The first-order valence-electron chi connectivity index (χ1n) is 7.28. The first kappa shape index (κ1) is 14.6. The summed E-state index contributed by atoms with van der Waals surface area (Å²) in [5.74, 6) is 0.653. The second kappa shape index (κ2) is 7.08. The van der Waals surface area contributed by atoms with Crippen molar-refractivity contribution in [3.05, 3.63) is 29.8 Å². The van der Waals surface area contributed by atoms with E-state index in [0.717, 1.165) is 18.4 Å². The van der Waals surface area contributed by atoms with Crippen molar-refractivity contribution in [2.45, 2.75) is 51.7 Å². The second-order valence-electron chi connectivity index (χ2n) is 5.37. The van der Waals surface area contributed by atoms with Gasteiger partial charge in [-0.15, -0.1) is 0 Å². The smallest absolute Gasteiger partial charge is 0.423 e. The highest BCUT2D eigenvalue weighted by molar-refractivity contribution is 6.59. The van der Waals surface area contributed by atoms with E-state index >= 15 is 0 Å². The summed E-state index contributed by atoms with van der Waals surface area (Å²) in [5, 5.41) is 18.7. The van der Waals surface area contributed by atoms with Gasteiger partial charge >= 0.3 is 7.12 Å². The molecule has 0 saturated heterocycles. The molecule has 4 heteroatoms. The zero-order valence-electron chi connectivity index (χ0n) is 11.6. The predicted octanol–water partition coefficient (Wildman–Crippen LogP) is 1.85. The van der Waals surface area contributed by atoms with Crippen LogP contribution in [-0.4, -0.2) is 23.3 Å². The van der Waals surface area contributed by atoms with Crippen molar-refractivity contribution in [1.82, 2.24) is 0 Å². The number of hydrogen-bond donors (Lipinski definition) is 2. The molecule has 0 radical (unpaired) electrons. The third-order valence-electron chi connectivity index (χ3n) is 4.15. The van der Waals surface area contributed by atoms with Crippen molar-refractivity contribution in [3.8, 4) is 0 Å². The van der Waals surface area contributed by atoms with Crippen LogP contribution in [0.25, 0.3) is 0 Å². The fourth-order valence-electron chi connectivity index (χ4n) is 2.97. The van der Waals surface area contributed by atoms with Crippen molar-refractivity contribution < 1.29 is 14.8 Å². The van der Waals surface area contributed by atoms with E-state index in [9.17, 15) is 10.0 Å². The molecule has 2 N–H and O–H groups in total. The molecule has 3 nitrogen and oxygen atoms in total. The molecule has 1 fully saturated rings. The van der Waals surface area contributed by atoms with Gasteiger partial charge in [0.15, 0.2) is 0 Å². The highest BCUT2D eigenvalue weighted by Gasteiger charge is 2.25. The van der Waals surface area contributed by atoms with E-state index in [1.54, 1.807) is 6.07 Å². The Morgan fingerprint density at radius 1 is 1.21 bits per heavy atom. The van der Waals surface area contributed by atoms with Crippen LogP contribution < -0.4 is 5.46 Å². The van der Waals surface area contributed by atoms with Gasteiger partial charge in [0.2, 0.25) is 0 Å². The van der Waals surface area contributed by atoms with E-state index in [0.29, 0.717) is 24.1 Å². The molecule has 2 unspecified atom stereocenters. The van der Waals surface area contributed by atoms with E-state index in [-0.39, 0.29) is 0 Å². The lowest BCUT2D eigenvalue weighted by Crippen LogP contribution is -2.34. The number of rotatable bonds is 5. The predicted molar refractivity (Wildman–Crippen MR) is 77.1 cm³/mol. The molecule has 2 atom stereocenters. The first-order valence-corrected chi connectivity index (χ1v) is 7.28. The van der Waals surface area contributed by atoms with Crippen LogP contribution in [0.4, 0.5) is 0 Å². The monoisotopic (exact) mass is 262 g/mol. The van der Waals surface area contributed by atoms with Crippen molar-refractivity contribution >= 4 is 12.6 Å². The zero-order valence-corrected chi connectivity index (χ0v) is 11.6. The third-order valence-corrected chi connectivity index (χ3v) is 4.15. The second-order valence-corrected chi connectivity index (χ2v) is 5.37. The lowest BCUT2D eigenvalue weighted by molar-refractivity contribution is -0.0219. The van der Waals surface area contributed by atoms with Gasteiger partial charge in [-0.2, -0.15) is 0 Å². The van der Waals surface area contributed by atoms with Gasteiger partial charge in [-0.05, 0) is 29.8 Å². The minimum absolute atomic E-state index is 0.322. The summed E-state index contributed by atoms with van der Waals surface area (Å²) in [4.78, 5) is 0. The number of benzene rings is 1. The fraction of sp³-hybridized carbons (Fsp3) is 0.600. The Labute approximate surface area is 115 Å². The van der Waals surface area contributed by atoms with Gasteiger partial charge in [0.05, 0.1) is 12.7 Å². The third kappa shape index (κ3) is 3.82. The van der Waals surface area contributed by atoms with Crippen LogP contribution in [-0.2, 0) is 11.3 Å². The molecule has 1 aliphatic carbocycles. The molecule has 0 aliphatic heterocycles. The molecule has 0 heterocycles. The quantitative estimate of drug-likeness (QED) is 0.796. The van der Waals surface area contributed by atoms with Crippen LogP contribution in [0.5, 0.6) is 0 Å². The Morgan fingerprint density at radius 2 is 1.95 bits per heavy atom. The van der Waals surface area contributed by atoms with E-state index < -0.39 is 7.12 Å². The molecule has 0 bridgehead atoms. The van der Waals surface area contributed by atoms with E-state index in [1.807, 2.05) is 18.2 Å². The highest BCUT2D eigenvalue weighted by Crippen LogP contribution is 2.29. The number of hydrogen-bond acceptors (Lipinski definition) is 3. The minimum atomic E-state index is -1.42. The normalized spacial score (nSPS) is 23.3. The molecular weight excluding hydrogens is 239 g/mol. The summed E-state index contributed by atoms with van der Waals surface area (Å²) in [5.41, 5.74) is 1.42. The summed E-state index contributed by atoms with van der Waals surface area (Å²) in [6.07, 6.45) is 6.42. The largest absolute Gasteiger partial charge is 0.488 e. The molecule has 1 aromatic carbocycles. The van der Waals surface area contributed by atoms with Crippen molar-refractivity contribution in [1.29, 1.82) is 0 Å². The average molecular weight is 262 g/mol. The van der Waals surface area contributed by atoms with Gasteiger partial charge in [-0.1, -0.05) is 50.5 Å². The molecule has 0 aromatic heterocycles. The van der Waals surface area contributed by atoms with Crippen LogP contribution in [0.3, 0.4) is 0 Å². The van der Waals surface area contributed by atoms with Gasteiger partial charge in [0.25, 0.3) is 0 Å². The van der Waals surface area contributed by atoms with Gasteiger partial charge in [0.1, 0.15) is 0 Å². The molecule has 0 amide bonds. The molecular formula is C15H23BO3. The highest BCUT2D eigenvalue weighted by atomic mass is 16.5. The maximum absolute atomic E-state index is 9.34. The summed E-state index contributed by atoms with van der Waals surface area (Å²) >= 11 is 0. The minimum Gasteiger partial charge on any atom is -0.423 e. The van der Waals surface area contributed by atoms with E-state index in [4.69, 9.17) is 4.74 Å². The molecule has 0 spiro atoms. The number of ether oxygens (including phenoxy) is 1. The van der Waals surface area contributed by atoms with Gasteiger partial charge < -0.3 is 14.8 Å². The Hall–Kier alpha value is -0.835. The van der Waals surface area contributed by atoms with Crippen LogP contribution >= 0.6 is 0 Å². The summed E-state index contributed by atoms with van der Waals surface area (Å²) in [6.45, 7) is 2.69. The molecule has 1 aliphatic rings. The Kier molecular flexibility index (Phi) is 5.43. The Bertz CT molecular complexity index is 395. The zero-order chi connectivity index (χ0) is 13.7. The van der Waals surface area contributed by atoms with Crippen LogP contribution in [0, 0.1) is 5.92 Å². The standard InChI is InChI=1S/C15H23BO3/c1-2-12-7-4-6-10-15(12)19-11-13-8-3-5-9-14(13)16(17)18/h3,5,8-9,12,15,17-18H,2,4,6-7,10-11H2,1H3. The van der Waals surface area contributed by atoms with E-state index in [2.05, 4.69) is 6.92 Å². The lowest BCUT2D eigenvalue weighted by Gasteiger charge is -2.31. The molecule has 2 rings (SSSR count). The van der Waals surface area contributed by atoms with Crippen molar-refractivity contribution in [2.24, 2.45) is 5.92 Å². The molecule has 19 heavy (non-hydrogen) atoms. The average Bonchev–Trinajstić information content (AvgIpc) is 2.45. The first-order chi connectivity index (χ1) is 9.22. The van der Waals surface area contributed by atoms with Crippen LogP contribution in [0.15, 0.2) is 24.3 Å². The summed E-state index contributed by atoms with van der Waals surface area (Å²) in [7, 11) is -1.42. The summed E-state index contributed by atoms with van der Waals surface area (Å²) in [6, 6.07) is 7.36. The fourth-order valence-corrected chi connectivity index (χ4v) is 2.97. The Morgan fingerprint density at radius 3 is 2.68 bits per heavy atom. The van der Waals surface area contributed by atoms with Gasteiger partial charge in [-0.3, -0.25) is 0 Å². The topological polar surface area (TPSA) is 49.7 Å².